The first-order valence-electron chi connectivity index (χ1n) is 5.93. The highest BCUT2D eigenvalue weighted by molar-refractivity contribution is 9.10. The number of ether oxygens (including phenoxy) is 3. The van der Waals surface area contributed by atoms with E-state index in [0.717, 1.165) is 0 Å². The van der Waals surface area contributed by atoms with Gasteiger partial charge >= 0.3 is 0 Å². The Kier molecular flexibility index (Phi) is 3.49. The van der Waals surface area contributed by atoms with Crippen LogP contribution in [0.15, 0.2) is 15.1 Å². The van der Waals surface area contributed by atoms with Crippen LogP contribution in [0.5, 0.6) is 17.2 Å². The molecule has 0 unspecified atom stereocenters. The van der Waals surface area contributed by atoms with Gasteiger partial charge in [-0.2, -0.15) is 4.98 Å². The number of nitrogens with zero attached hydrogens (tertiary/aromatic N) is 2. The third kappa shape index (κ3) is 2.10. The maximum absolute atomic E-state index is 5.58. The van der Waals surface area contributed by atoms with Crippen molar-refractivity contribution < 1.29 is 18.7 Å². The minimum absolute atomic E-state index is 0.182. The summed E-state index contributed by atoms with van der Waals surface area (Å²) in [5.74, 6) is 2.52. The van der Waals surface area contributed by atoms with Gasteiger partial charge in [0.25, 0.3) is 0 Å². The van der Waals surface area contributed by atoms with Gasteiger partial charge in [-0.1, -0.05) is 5.16 Å². The van der Waals surface area contributed by atoms with E-state index in [1.807, 2.05) is 0 Å². The Hall–Kier alpha value is -1.80. The second kappa shape index (κ2) is 5.29. The van der Waals surface area contributed by atoms with Crippen LogP contribution in [0.2, 0.25) is 0 Å². The number of benzene rings is 1. The molecule has 3 rings (SSSR count). The second-order valence-corrected chi connectivity index (χ2v) is 4.80. The van der Waals surface area contributed by atoms with E-state index in [2.05, 4.69) is 26.1 Å². The Balaban J connectivity index is 2.16. The van der Waals surface area contributed by atoms with E-state index in [9.17, 15) is 0 Å². The molecule has 0 saturated carbocycles. The number of hydrogen-bond donors (Lipinski definition) is 1. The number of rotatable bonds is 3. The van der Waals surface area contributed by atoms with Gasteiger partial charge in [-0.3, -0.25) is 0 Å². The number of nitrogens with two attached hydrogens (primary N) is 1. The van der Waals surface area contributed by atoms with Crippen LogP contribution in [-0.2, 0) is 6.54 Å². The van der Waals surface area contributed by atoms with Gasteiger partial charge in [0.2, 0.25) is 11.7 Å². The standard InChI is InChI=1S/C12H12BrN3O4/c1-17-10-6(12-15-8(5-14)20-16-12)4-7-11(9(10)13)19-3-2-18-7/h4H,2-3,5,14H2,1H3. The first-order chi connectivity index (χ1) is 9.74. The number of fused-ring (bicyclic) bond motifs is 1. The van der Waals surface area contributed by atoms with E-state index >= 15 is 0 Å². The summed E-state index contributed by atoms with van der Waals surface area (Å²) in [6, 6.07) is 1.77. The van der Waals surface area contributed by atoms with Crippen molar-refractivity contribution in [1.82, 2.24) is 10.1 Å². The van der Waals surface area contributed by atoms with Gasteiger partial charge in [0.05, 0.1) is 19.2 Å². The fourth-order valence-corrected chi connectivity index (χ4v) is 2.63. The van der Waals surface area contributed by atoms with Gasteiger partial charge in [-0.25, -0.2) is 0 Å². The summed E-state index contributed by atoms with van der Waals surface area (Å²) in [5.41, 5.74) is 6.12. The lowest BCUT2D eigenvalue weighted by Gasteiger charge is -2.21. The molecule has 2 aromatic rings. The van der Waals surface area contributed by atoms with Crippen LogP contribution < -0.4 is 19.9 Å². The van der Waals surface area contributed by atoms with Gasteiger partial charge in [0, 0.05) is 0 Å². The fourth-order valence-electron chi connectivity index (χ4n) is 1.94. The molecular formula is C12H12BrN3O4. The molecule has 20 heavy (non-hydrogen) atoms. The average Bonchev–Trinajstić information content (AvgIpc) is 2.96. The molecule has 8 heteroatoms. The van der Waals surface area contributed by atoms with Crippen molar-refractivity contribution in [3.8, 4) is 28.6 Å². The Morgan fingerprint density at radius 3 is 2.90 bits per heavy atom. The predicted octanol–water partition coefficient (Wildman–Crippen LogP) is 1.74. The van der Waals surface area contributed by atoms with Gasteiger partial charge in [0.1, 0.15) is 23.4 Å². The fraction of sp³-hybridized carbons (Fsp3) is 0.333. The van der Waals surface area contributed by atoms with Crippen molar-refractivity contribution >= 4 is 15.9 Å². The van der Waals surface area contributed by atoms with Crippen LogP contribution in [0.1, 0.15) is 5.89 Å². The molecular weight excluding hydrogens is 330 g/mol. The first kappa shape index (κ1) is 13.2. The maximum atomic E-state index is 5.58. The molecule has 1 aliphatic rings. The molecule has 0 spiro atoms. The minimum Gasteiger partial charge on any atom is -0.495 e. The lowest BCUT2D eigenvalue weighted by atomic mass is 10.1. The predicted molar refractivity (Wildman–Crippen MR) is 72.9 cm³/mol. The molecule has 0 fully saturated rings. The van der Waals surface area contributed by atoms with E-state index in [1.165, 1.54) is 0 Å². The van der Waals surface area contributed by atoms with Crippen LogP contribution in [0.3, 0.4) is 0 Å². The van der Waals surface area contributed by atoms with Crippen molar-refractivity contribution in [2.24, 2.45) is 5.73 Å². The molecule has 7 nitrogen and oxygen atoms in total. The quantitative estimate of drug-likeness (QED) is 0.908. The molecule has 0 radical (unpaired) electrons. The molecule has 106 valence electrons. The van der Waals surface area contributed by atoms with Crippen molar-refractivity contribution in [2.45, 2.75) is 6.54 Å². The molecule has 2 N–H and O–H groups in total. The highest BCUT2D eigenvalue weighted by Gasteiger charge is 2.25. The minimum atomic E-state index is 0.182. The molecule has 0 aliphatic carbocycles. The van der Waals surface area contributed by atoms with E-state index in [1.54, 1.807) is 13.2 Å². The number of halogens is 1. The Morgan fingerprint density at radius 2 is 2.20 bits per heavy atom. The molecule has 2 heterocycles. The van der Waals surface area contributed by atoms with Crippen molar-refractivity contribution in [1.29, 1.82) is 0 Å². The van der Waals surface area contributed by atoms with Crippen LogP contribution in [0.4, 0.5) is 0 Å². The summed E-state index contributed by atoms with van der Waals surface area (Å²) < 4.78 is 22.2. The Bertz CT molecular complexity index is 644. The van der Waals surface area contributed by atoms with Gasteiger partial charge in [-0.15, -0.1) is 0 Å². The van der Waals surface area contributed by atoms with Gasteiger partial charge in [0.15, 0.2) is 11.5 Å². The number of hydrogen-bond acceptors (Lipinski definition) is 7. The van der Waals surface area contributed by atoms with Crippen LogP contribution in [0.25, 0.3) is 11.4 Å². The highest BCUT2D eigenvalue weighted by Crippen LogP contribution is 2.48. The molecule has 0 saturated heterocycles. The largest absolute Gasteiger partial charge is 0.495 e. The first-order valence-corrected chi connectivity index (χ1v) is 6.73. The molecule has 1 aliphatic heterocycles. The zero-order valence-corrected chi connectivity index (χ0v) is 12.3. The zero-order valence-electron chi connectivity index (χ0n) is 10.7. The summed E-state index contributed by atoms with van der Waals surface area (Å²) in [4.78, 5) is 4.20. The smallest absolute Gasteiger partial charge is 0.240 e. The van der Waals surface area contributed by atoms with Crippen LogP contribution >= 0.6 is 15.9 Å². The SMILES string of the molecule is COc1c(-c2noc(CN)n2)cc2c(c1Br)OCCO2. The topological polar surface area (TPSA) is 92.6 Å². The van der Waals surface area contributed by atoms with Crippen LogP contribution in [-0.4, -0.2) is 30.5 Å². The lowest BCUT2D eigenvalue weighted by molar-refractivity contribution is 0.169. The van der Waals surface area contributed by atoms with E-state index in [4.69, 9.17) is 24.5 Å². The highest BCUT2D eigenvalue weighted by atomic mass is 79.9. The number of aromatic nitrogens is 2. The Labute approximate surface area is 123 Å². The lowest BCUT2D eigenvalue weighted by Crippen LogP contribution is -2.16. The summed E-state index contributed by atoms with van der Waals surface area (Å²) >= 11 is 3.46. The van der Waals surface area contributed by atoms with Crippen molar-refractivity contribution in [2.75, 3.05) is 20.3 Å². The van der Waals surface area contributed by atoms with E-state index in [-0.39, 0.29) is 6.54 Å². The molecule has 1 aromatic heterocycles. The zero-order chi connectivity index (χ0) is 14.1. The average molecular weight is 342 g/mol. The van der Waals surface area contributed by atoms with Gasteiger partial charge in [-0.05, 0) is 22.0 Å². The summed E-state index contributed by atoms with van der Waals surface area (Å²) in [6.07, 6.45) is 0. The Morgan fingerprint density at radius 1 is 1.40 bits per heavy atom. The van der Waals surface area contributed by atoms with E-state index < -0.39 is 0 Å². The van der Waals surface area contributed by atoms with Crippen molar-refractivity contribution in [3.05, 3.63) is 16.4 Å². The van der Waals surface area contributed by atoms with Crippen LogP contribution in [0, 0.1) is 0 Å². The summed E-state index contributed by atoms with van der Waals surface area (Å²) in [6.45, 7) is 1.17. The third-order valence-electron chi connectivity index (χ3n) is 2.82. The molecule has 0 amide bonds. The number of methoxy groups -OCH3 is 1. The van der Waals surface area contributed by atoms with Crippen molar-refractivity contribution in [3.63, 3.8) is 0 Å². The molecule has 1 aromatic carbocycles. The normalized spacial score (nSPS) is 13.3. The monoisotopic (exact) mass is 341 g/mol. The van der Waals surface area contributed by atoms with Gasteiger partial charge < -0.3 is 24.5 Å². The maximum Gasteiger partial charge on any atom is 0.240 e. The summed E-state index contributed by atoms with van der Waals surface area (Å²) in [7, 11) is 1.56. The summed E-state index contributed by atoms with van der Waals surface area (Å²) in [5, 5.41) is 3.89. The third-order valence-corrected chi connectivity index (χ3v) is 3.54. The van der Waals surface area contributed by atoms with E-state index in [0.29, 0.717) is 52.2 Å². The molecule has 0 atom stereocenters. The second-order valence-electron chi connectivity index (χ2n) is 4.01. The molecule has 0 bridgehead atoms.